The summed E-state index contributed by atoms with van der Waals surface area (Å²) in [5.74, 6) is 0.313. The van der Waals surface area contributed by atoms with E-state index in [-0.39, 0.29) is 24.0 Å². The van der Waals surface area contributed by atoms with Gasteiger partial charge in [0.25, 0.3) is 0 Å². The van der Waals surface area contributed by atoms with Gasteiger partial charge in [0.05, 0.1) is 18.2 Å². The molecular weight excluding hydrogens is 268 g/mol. The topological polar surface area (TPSA) is 80.2 Å². The predicted molar refractivity (Wildman–Crippen MR) is 74.6 cm³/mol. The van der Waals surface area contributed by atoms with Crippen LogP contribution in [0.15, 0.2) is 0 Å². The number of hydrogen-bond donors (Lipinski definition) is 2. The highest BCUT2D eigenvalue weighted by Gasteiger charge is 2.26. The minimum absolute atomic E-state index is 0.0102. The summed E-state index contributed by atoms with van der Waals surface area (Å²) in [4.78, 5) is 12.1. The molecule has 0 amide bonds. The Kier molecular flexibility index (Phi) is 5.75. The van der Waals surface area contributed by atoms with Crippen LogP contribution in [0.4, 0.5) is 5.95 Å². The first-order valence-corrected chi connectivity index (χ1v) is 6.79. The minimum Gasteiger partial charge on any atom is -0.461 e. The van der Waals surface area contributed by atoms with Crippen molar-refractivity contribution in [2.24, 2.45) is 0 Å². The summed E-state index contributed by atoms with van der Waals surface area (Å²) in [5.41, 5.74) is -0.459. The third-order valence-corrected chi connectivity index (χ3v) is 3.13. The number of halogens is 1. The van der Waals surface area contributed by atoms with Gasteiger partial charge in [-0.1, -0.05) is 13.8 Å². The van der Waals surface area contributed by atoms with Crippen LogP contribution >= 0.6 is 11.6 Å². The van der Waals surface area contributed by atoms with E-state index in [1.54, 1.807) is 0 Å². The average molecular weight is 289 g/mol. The number of anilines is 1. The van der Waals surface area contributed by atoms with Crippen molar-refractivity contribution in [3.63, 3.8) is 0 Å². The van der Waals surface area contributed by atoms with E-state index < -0.39 is 5.54 Å². The van der Waals surface area contributed by atoms with Gasteiger partial charge in [0.2, 0.25) is 11.2 Å². The van der Waals surface area contributed by atoms with Gasteiger partial charge >= 0.3 is 6.01 Å². The van der Waals surface area contributed by atoms with Crippen LogP contribution in [0.2, 0.25) is 5.28 Å². The Balaban J connectivity index is 2.97. The van der Waals surface area contributed by atoms with Crippen LogP contribution in [0.1, 0.15) is 40.5 Å². The molecule has 1 aromatic heterocycles. The molecule has 1 aromatic rings. The zero-order chi connectivity index (χ0) is 14.5. The van der Waals surface area contributed by atoms with E-state index in [1.807, 2.05) is 27.7 Å². The molecular formula is C12H21ClN4O2. The molecule has 0 aromatic carbocycles. The summed E-state index contributed by atoms with van der Waals surface area (Å²) >= 11 is 5.85. The molecule has 1 rings (SSSR count). The smallest absolute Gasteiger partial charge is 0.322 e. The van der Waals surface area contributed by atoms with E-state index in [4.69, 9.17) is 16.3 Å². The Morgan fingerprint density at radius 1 is 1.26 bits per heavy atom. The number of nitrogens with one attached hydrogen (secondary N) is 1. The Labute approximate surface area is 118 Å². The molecule has 2 N–H and O–H groups in total. The standard InChI is InChI=1S/C12H21ClN4O2/c1-5-12(6-2,7-18)17-10-14-9(13)15-11(16-10)19-8(3)4/h8,18H,5-7H2,1-4H3,(H,14,15,16,17). The van der Waals surface area contributed by atoms with Crippen molar-refractivity contribution in [1.82, 2.24) is 15.0 Å². The van der Waals surface area contributed by atoms with Crippen LogP contribution in [-0.2, 0) is 0 Å². The first-order valence-electron chi connectivity index (χ1n) is 6.42. The van der Waals surface area contributed by atoms with Crippen LogP contribution in [-0.4, -0.2) is 38.3 Å². The molecule has 0 radical (unpaired) electrons. The van der Waals surface area contributed by atoms with Crippen molar-refractivity contribution in [3.8, 4) is 6.01 Å². The van der Waals surface area contributed by atoms with Crippen LogP contribution in [0.5, 0.6) is 6.01 Å². The third-order valence-electron chi connectivity index (χ3n) is 2.96. The summed E-state index contributed by atoms with van der Waals surface area (Å²) in [6.07, 6.45) is 1.43. The number of ether oxygens (including phenoxy) is 1. The monoisotopic (exact) mass is 288 g/mol. The highest BCUT2D eigenvalue weighted by Crippen LogP contribution is 2.21. The Morgan fingerprint density at radius 2 is 1.89 bits per heavy atom. The van der Waals surface area contributed by atoms with Crippen molar-refractivity contribution >= 4 is 17.5 Å². The summed E-state index contributed by atoms with van der Waals surface area (Å²) in [7, 11) is 0. The zero-order valence-corrected chi connectivity index (χ0v) is 12.5. The Bertz CT molecular complexity index is 402. The highest BCUT2D eigenvalue weighted by atomic mass is 35.5. The maximum Gasteiger partial charge on any atom is 0.322 e. The number of aliphatic hydroxyl groups is 1. The van der Waals surface area contributed by atoms with Gasteiger partial charge in [0.15, 0.2) is 0 Å². The fourth-order valence-electron chi connectivity index (χ4n) is 1.58. The fraction of sp³-hybridized carbons (Fsp3) is 0.750. The van der Waals surface area contributed by atoms with E-state index in [9.17, 15) is 5.11 Å². The quantitative estimate of drug-likeness (QED) is 0.801. The lowest BCUT2D eigenvalue weighted by atomic mass is 9.94. The van der Waals surface area contributed by atoms with Crippen molar-refractivity contribution in [2.45, 2.75) is 52.2 Å². The maximum atomic E-state index is 9.52. The van der Waals surface area contributed by atoms with E-state index in [2.05, 4.69) is 20.3 Å². The number of hydrogen-bond acceptors (Lipinski definition) is 6. The molecule has 0 saturated heterocycles. The van der Waals surface area contributed by atoms with Gasteiger partial charge < -0.3 is 15.2 Å². The van der Waals surface area contributed by atoms with Crippen molar-refractivity contribution < 1.29 is 9.84 Å². The molecule has 0 unspecified atom stereocenters. The average Bonchev–Trinajstić information content (AvgIpc) is 2.34. The lowest BCUT2D eigenvalue weighted by molar-refractivity contribution is 0.200. The second-order valence-corrected chi connectivity index (χ2v) is 4.99. The Morgan fingerprint density at radius 3 is 2.37 bits per heavy atom. The summed E-state index contributed by atoms with van der Waals surface area (Å²) in [6.45, 7) is 7.72. The van der Waals surface area contributed by atoms with Crippen LogP contribution in [0.25, 0.3) is 0 Å². The first-order chi connectivity index (χ1) is 8.94. The number of nitrogens with zero attached hydrogens (tertiary/aromatic N) is 3. The van der Waals surface area contributed by atoms with Gasteiger partial charge in [0, 0.05) is 0 Å². The number of aliphatic hydroxyl groups excluding tert-OH is 1. The van der Waals surface area contributed by atoms with E-state index in [0.29, 0.717) is 5.95 Å². The number of aromatic nitrogens is 3. The van der Waals surface area contributed by atoms with E-state index >= 15 is 0 Å². The highest BCUT2D eigenvalue weighted by molar-refractivity contribution is 6.28. The SMILES string of the molecule is CCC(CC)(CO)Nc1nc(Cl)nc(OC(C)C)n1. The molecule has 0 aliphatic carbocycles. The van der Waals surface area contributed by atoms with Crippen LogP contribution in [0.3, 0.4) is 0 Å². The van der Waals surface area contributed by atoms with E-state index in [0.717, 1.165) is 12.8 Å². The van der Waals surface area contributed by atoms with Gasteiger partial charge in [0.1, 0.15) is 0 Å². The van der Waals surface area contributed by atoms with Gasteiger partial charge in [-0.2, -0.15) is 15.0 Å². The van der Waals surface area contributed by atoms with Gasteiger partial charge in [-0.3, -0.25) is 0 Å². The van der Waals surface area contributed by atoms with E-state index in [1.165, 1.54) is 0 Å². The van der Waals surface area contributed by atoms with Gasteiger partial charge in [-0.25, -0.2) is 0 Å². The second kappa shape index (κ2) is 6.86. The summed E-state index contributed by atoms with van der Waals surface area (Å²) < 4.78 is 5.40. The lowest BCUT2D eigenvalue weighted by Crippen LogP contribution is -2.41. The van der Waals surface area contributed by atoms with Crippen LogP contribution < -0.4 is 10.1 Å². The summed E-state index contributed by atoms with van der Waals surface area (Å²) in [6, 6.07) is 0.177. The molecule has 108 valence electrons. The summed E-state index contributed by atoms with van der Waals surface area (Å²) in [5, 5.41) is 12.7. The molecule has 0 aliphatic rings. The molecule has 1 heterocycles. The molecule has 6 nitrogen and oxygen atoms in total. The van der Waals surface area contributed by atoms with Crippen LogP contribution in [0, 0.1) is 0 Å². The fourth-order valence-corrected chi connectivity index (χ4v) is 1.73. The Hall–Kier alpha value is -1.14. The third kappa shape index (κ3) is 4.47. The molecule has 0 spiro atoms. The van der Waals surface area contributed by atoms with Crippen molar-refractivity contribution in [1.29, 1.82) is 0 Å². The zero-order valence-electron chi connectivity index (χ0n) is 11.8. The van der Waals surface area contributed by atoms with Crippen molar-refractivity contribution in [3.05, 3.63) is 5.28 Å². The molecule has 0 aliphatic heterocycles. The van der Waals surface area contributed by atoms with Gasteiger partial charge in [-0.05, 0) is 38.3 Å². The lowest BCUT2D eigenvalue weighted by Gasteiger charge is -2.30. The second-order valence-electron chi connectivity index (χ2n) is 4.65. The first kappa shape index (κ1) is 15.9. The molecule has 0 saturated carbocycles. The molecule has 0 bridgehead atoms. The minimum atomic E-state index is -0.459. The van der Waals surface area contributed by atoms with Crippen molar-refractivity contribution in [2.75, 3.05) is 11.9 Å². The molecule has 0 fully saturated rings. The largest absolute Gasteiger partial charge is 0.461 e. The maximum absolute atomic E-state index is 9.52. The number of rotatable bonds is 7. The molecule has 0 atom stereocenters. The van der Waals surface area contributed by atoms with Gasteiger partial charge in [-0.15, -0.1) is 0 Å². The predicted octanol–water partition coefficient (Wildman–Crippen LogP) is 2.28. The molecule has 7 heteroatoms. The molecule has 19 heavy (non-hydrogen) atoms. The normalized spacial score (nSPS) is 11.7.